The number of H-pyrrole nitrogens is 1. The first-order valence-corrected chi connectivity index (χ1v) is 11.4. The molecule has 0 saturated carbocycles. The van der Waals surface area contributed by atoms with Crippen LogP contribution < -0.4 is 24.7 Å². The van der Waals surface area contributed by atoms with Crippen molar-refractivity contribution in [1.29, 1.82) is 0 Å². The van der Waals surface area contributed by atoms with Crippen LogP contribution in [0.15, 0.2) is 34.1 Å². The monoisotopic (exact) mass is 463 g/mol. The number of hydrogen-bond donors (Lipinski definition) is 1. The largest absolute Gasteiger partial charge is 0.493 e. The van der Waals surface area contributed by atoms with Crippen LogP contribution in [0.1, 0.15) is 24.0 Å². The lowest BCUT2D eigenvalue weighted by Crippen LogP contribution is -2.33. The number of benzene rings is 2. The van der Waals surface area contributed by atoms with Gasteiger partial charge in [0.2, 0.25) is 11.7 Å². The molecule has 0 aliphatic carbocycles. The molecule has 34 heavy (non-hydrogen) atoms. The van der Waals surface area contributed by atoms with Crippen molar-refractivity contribution in [2.24, 2.45) is 4.99 Å². The Hall–Kier alpha value is -3.75. The third-order valence-corrected chi connectivity index (χ3v) is 6.61. The standard InChI is InChI=1S/C25H29N5O4/c1-29-11-6-9-20(29)26-17-8-5-7-15-14-30(12-10-16(15)17)25-27-18-13-19(32-2)22(33-3)23(34-4)21(18)24(31)28-25/h5,7-8,13H,6,9-12,14H2,1-4H3,(H,27,28,31). The Morgan fingerprint density at radius 3 is 2.59 bits per heavy atom. The van der Waals surface area contributed by atoms with Gasteiger partial charge >= 0.3 is 0 Å². The highest BCUT2D eigenvalue weighted by atomic mass is 16.5. The van der Waals surface area contributed by atoms with Gasteiger partial charge in [-0.05, 0) is 30.0 Å². The van der Waals surface area contributed by atoms with Crippen LogP contribution in [0.5, 0.6) is 17.2 Å². The van der Waals surface area contributed by atoms with Crippen molar-refractivity contribution in [3.63, 3.8) is 0 Å². The average molecular weight is 464 g/mol. The second kappa shape index (κ2) is 8.89. The van der Waals surface area contributed by atoms with Crippen LogP contribution in [-0.4, -0.2) is 62.2 Å². The van der Waals surface area contributed by atoms with Crippen LogP contribution in [-0.2, 0) is 13.0 Å². The molecule has 1 fully saturated rings. The number of nitrogens with one attached hydrogen (secondary N) is 1. The molecule has 0 unspecified atom stereocenters. The molecule has 5 rings (SSSR count). The quantitative estimate of drug-likeness (QED) is 0.621. The number of fused-ring (bicyclic) bond motifs is 2. The van der Waals surface area contributed by atoms with Crippen molar-refractivity contribution in [3.8, 4) is 17.2 Å². The van der Waals surface area contributed by atoms with Crippen molar-refractivity contribution in [3.05, 3.63) is 45.7 Å². The van der Waals surface area contributed by atoms with Gasteiger partial charge in [0.15, 0.2) is 11.5 Å². The summed E-state index contributed by atoms with van der Waals surface area (Å²) in [5.74, 6) is 2.80. The molecule has 9 heteroatoms. The third-order valence-electron chi connectivity index (χ3n) is 6.61. The molecule has 1 aromatic heterocycles. The van der Waals surface area contributed by atoms with Gasteiger partial charge in [-0.25, -0.2) is 9.98 Å². The van der Waals surface area contributed by atoms with Crippen LogP contribution in [0, 0.1) is 0 Å². The van der Waals surface area contributed by atoms with Crippen molar-refractivity contribution < 1.29 is 14.2 Å². The highest BCUT2D eigenvalue weighted by molar-refractivity contribution is 5.90. The predicted molar refractivity (Wildman–Crippen MR) is 132 cm³/mol. The average Bonchev–Trinajstić information content (AvgIpc) is 3.26. The molecule has 2 aromatic carbocycles. The number of methoxy groups -OCH3 is 3. The highest BCUT2D eigenvalue weighted by Gasteiger charge is 2.24. The van der Waals surface area contributed by atoms with E-state index in [0.29, 0.717) is 40.6 Å². The van der Waals surface area contributed by atoms with Gasteiger partial charge in [-0.15, -0.1) is 0 Å². The maximum Gasteiger partial charge on any atom is 0.264 e. The molecule has 0 radical (unpaired) electrons. The molecular weight excluding hydrogens is 434 g/mol. The number of hydrogen-bond acceptors (Lipinski definition) is 7. The minimum Gasteiger partial charge on any atom is -0.493 e. The summed E-state index contributed by atoms with van der Waals surface area (Å²) in [6.07, 6.45) is 3.00. The normalized spacial score (nSPS) is 16.8. The number of nitrogens with zero attached hydrogens (tertiary/aromatic N) is 4. The van der Waals surface area contributed by atoms with Crippen molar-refractivity contribution in [1.82, 2.24) is 14.9 Å². The third kappa shape index (κ3) is 3.70. The van der Waals surface area contributed by atoms with Gasteiger partial charge in [0, 0.05) is 39.2 Å². The van der Waals surface area contributed by atoms with Crippen LogP contribution >= 0.6 is 0 Å². The Morgan fingerprint density at radius 1 is 1.06 bits per heavy atom. The molecule has 3 heterocycles. The molecule has 1 saturated heterocycles. The number of rotatable bonds is 5. The van der Waals surface area contributed by atoms with Gasteiger partial charge in [-0.1, -0.05) is 12.1 Å². The number of likely N-dealkylation sites (tertiary alicyclic amines) is 1. The number of anilines is 1. The molecule has 9 nitrogen and oxygen atoms in total. The first-order chi connectivity index (χ1) is 16.5. The summed E-state index contributed by atoms with van der Waals surface area (Å²) in [6, 6.07) is 7.98. The van der Waals surface area contributed by atoms with Gasteiger partial charge in [0.25, 0.3) is 5.56 Å². The van der Waals surface area contributed by atoms with E-state index in [-0.39, 0.29) is 5.56 Å². The lowest BCUT2D eigenvalue weighted by Gasteiger charge is -2.30. The maximum atomic E-state index is 13.1. The second-order valence-corrected chi connectivity index (χ2v) is 8.57. The zero-order valence-electron chi connectivity index (χ0n) is 20.0. The van der Waals surface area contributed by atoms with Crippen LogP contribution in [0.2, 0.25) is 0 Å². The van der Waals surface area contributed by atoms with Crippen molar-refractivity contribution in [2.75, 3.05) is 46.4 Å². The van der Waals surface area contributed by atoms with E-state index >= 15 is 0 Å². The molecule has 3 aromatic rings. The van der Waals surface area contributed by atoms with E-state index in [9.17, 15) is 4.79 Å². The summed E-state index contributed by atoms with van der Waals surface area (Å²) < 4.78 is 16.4. The first kappa shape index (κ1) is 22.1. The molecule has 0 atom stereocenters. The summed E-state index contributed by atoms with van der Waals surface area (Å²) in [4.78, 5) is 30.1. The second-order valence-electron chi connectivity index (χ2n) is 8.57. The molecule has 2 aliphatic rings. The molecule has 0 bridgehead atoms. The van der Waals surface area contributed by atoms with Crippen LogP contribution in [0.25, 0.3) is 10.9 Å². The zero-order chi connectivity index (χ0) is 23.8. The van der Waals surface area contributed by atoms with E-state index in [4.69, 9.17) is 24.2 Å². The Bertz CT molecular complexity index is 1330. The van der Waals surface area contributed by atoms with E-state index in [1.54, 1.807) is 13.2 Å². The Balaban J connectivity index is 1.52. The predicted octanol–water partition coefficient (Wildman–Crippen LogP) is 3.27. The minimum atomic E-state index is -0.284. The topological polar surface area (TPSA) is 92.3 Å². The van der Waals surface area contributed by atoms with Crippen LogP contribution in [0.4, 0.5) is 11.6 Å². The Kier molecular flexibility index (Phi) is 5.77. The van der Waals surface area contributed by atoms with Crippen LogP contribution in [0.3, 0.4) is 0 Å². The molecule has 1 N–H and O–H groups in total. The Morgan fingerprint density at radius 2 is 1.88 bits per heavy atom. The number of aromatic nitrogens is 2. The molecule has 2 aliphatic heterocycles. The number of aliphatic imine (C=N–C) groups is 1. The number of amidine groups is 1. The van der Waals surface area contributed by atoms with E-state index in [2.05, 4.69) is 40.0 Å². The number of ether oxygens (including phenoxy) is 3. The van der Waals surface area contributed by atoms with E-state index < -0.39 is 0 Å². The summed E-state index contributed by atoms with van der Waals surface area (Å²) in [5.41, 5.74) is 3.71. The van der Waals surface area contributed by atoms with Gasteiger partial charge in [0.1, 0.15) is 11.2 Å². The van der Waals surface area contributed by atoms with E-state index in [0.717, 1.165) is 43.9 Å². The molecule has 0 spiro atoms. The van der Waals surface area contributed by atoms with Crippen molar-refractivity contribution >= 4 is 28.4 Å². The summed E-state index contributed by atoms with van der Waals surface area (Å²) in [6.45, 7) is 2.43. The minimum absolute atomic E-state index is 0.284. The lowest BCUT2D eigenvalue weighted by molar-refractivity contribution is 0.327. The SMILES string of the molecule is COc1cc2nc(N3CCc4c(cccc4N=C4CCCN4C)C3)[nH]c(=O)c2c(OC)c1OC. The molecular formula is C25H29N5O4. The summed E-state index contributed by atoms with van der Waals surface area (Å²) in [5, 5.41) is 0.333. The van der Waals surface area contributed by atoms with E-state index in [1.165, 1.54) is 25.3 Å². The van der Waals surface area contributed by atoms with Gasteiger partial charge < -0.3 is 24.0 Å². The maximum absolute atomic E-state index is 13.1. The summed E-state index contributed by atoms with van der Waals surface area (Å²) >= 11 is 0. The fourth-order valence-corrected chi connectivity index (χ4v) is 4.86. The van der Waals surface area contributed by atoms with Gasteiger partial charge in [-0.3, -0.25) is 9.78 Å². The van der Waals surface area contributed by atoms with E-state index in [1.807, 2.05) is 0 Å². The molecule has 0 amide bonds. The van der Waals surface area contributed by atoms with Gasteiger partial charge in [0.05, 0.1) is 32.5 Å². The highest BCUT2D eigenvalue weighted by Crippen LogP contribution is 2.41. The molecule has 178 valence electrons. The fraction of sp³-hybridized carbons (Fsp3) is 0.400. The summed E-state index contributed by atoms with van der Waals surface area (Å²) in [7, 11) is 6.65. The van der Waals surface area contributed by atoms with Crippen molar-refractivity contribution in [2.45, 2.75) is 25.8 Å². The Labute approximate surface area is 198 Å². The lowest BCUT2D eigenvalue weighted by atomic mass is 9.98. The van der Waals surface area contributed by atoms with Gasteiger partial charge in [-0.2, -0.15) is 0 Å². The first-order valence-electron chi connectivity index (χ1n) is 11.4. The number of aromatic amines is 1. The zero-order valence-corrected chi connectivity index (χ0v) is 20.0. The fourth-order valence-electron chi connectivity index (χ4n) is 4.86. The smallest absolute Gasteiger partial charge is 0.264 e.